The zero-order chi connectivity index (χ0) is 14.8. The monoisotopic (exact) mass is 312 g/mol. The molecule has 3 N–H and O–H groups in total. The maximum absolute atomic E-state index is 11.6. The molecule has 5 heteroatoms. The van der Waals surface area contributed by atoms with Gasteiger partial charge in [0.1, 0.15) is 12.4 Å². The zero-order valence-corrected chi connectivity index (χ0v) is 13.8. The molecule has 1 aromatic rings. The molecule has 0 aromatic heterocycles. The van der Waals surface area contributed by atoms with Gasteiger partial charge in [0.25, 0.3) is 0 Å². The molecular formula is C16H25ClN2O2. The number of benzene rings is 1. The van der Waals surface area contributed by atoms with Gasteiger partial charge in [-0.05, 0) is 36.0 Å². The molecule has 0 heterocycles. The first-order valence-electron chi connectivity index (χ1n) is 7.12. The standard InChI is InChI=1S/C16H24N2O2.ClH/c1-15(2,3)12-5-4-6-13(11-12)20-10-9-18-14(19)16(17)7-8-16;/h4-6,11H,7-10,17H2,1-3H3,(H,18,19);1H. The van der Waals surface area contributed by atoms with Gasteiger partial charge in [-0.15, -0.1) is 12.4 Å². The van der Waals surface area contributed by atoms with Crippen molar-refractivity contribution >= 4 is 18.3 Å². The molecule has 1 aliphatic carbocycles. The number of nitrogens with two attached hydrogens (primary N) is 1. The molecule has 1 aliphatic rings. The summed E-state index contributed by atoms with van der Waals surface area (Å²) in [6, 6.07) is 8.07. The molecule has 0 saturated heterocycles. The van der Waals surface area contributed by atoms with Crippen molar-refractivity contribution < 1.29 is 9.53 Å². The number of hydrogen-bond donors (Lipinski definition) is 2. The van der Waals surface area contributed by atoms with Crippen LogP contribution in [0.15, 0.2) is 24.3 Å². The van der Waals surface area contributed by atoms with Crippen LogP contribution in [0, 0.1) is 0 Å². The predicted molar refractivity (Wildman–Crippen MR) is 87.0 cm³/mol. The van der Waals surface area contributed by atoms with Crippen LogP contribution in [0.5, 0.6) is 5.75 Å². The Morgan fingerprint density at radius 3 is 2.62 bits per heavy atom. The van der Waals surface area contributed by atoms with Gasteiger partial charge >= 0.3 is 0 Å². The van der Waals surface area contributed by atoms with Crippen LogP contribution in [0.3, 0.4) is 0 Å². The molecular weight excluding hydrogens is 288 g/mol. The highest BCUT2D eigenvalue weighted by Crippen LogP contribution is 2.32. The minimum Gasteiger partial charge on any atom is -0.492 e. The van der Waals surface area contributed by atoms with E-state index in [1.165, 1.54) is 5.56 Å². The topological polar surface area (TPSA) is 64.3 Å². The van der Waals surface area contributed by atoms with Gasteiger partial charge in [-0.1, -0.05) is 32.9 Å². The Morgan fingerprint density at radius 1 is 1.38 bits per heavy atom. The summed E-state index contributed by atoms with van der Waals surface area (Å²) in [5, 5.41) is 2.81. The lowest BCUT2D eigenvalue weighted by Gasteiger charge is -2.19. The summed E-state index contributed by atoms with van der Waals surface area (Å²) in [5.41, 5.74) is 6.53. The fourth-order valence-corrected chi connectivity index (χ4v) is 1.92. The predicted octanol–water partition coefficient (Wildman–Crippen LogP) is 2.39. The Hall–Kier alpha value is -1.26. The summed E-state index contributed by atoms with van der Waals surface area (Å²) in [7, 11) is 0. The van der Waals surface area contributed by atoms with Gasteiger partial charge < -0.3 is 15.8 Å². The third kappa shape index (κ3) is 4.90. The van der Waals surface area contributed by atoms with E-state index in [0.29, 0.717) is 13.2 Å². The van der Waals surface area contributed by atoms with Crippen molar-refractivity contribution in [2.24, 2.45) is 5.73 Å². The number of carbonyl (C=O) groups excluding carboxylic acids is 1. The van der Waals surface area contributed by atoms with Crippen molar-refractivity contribution in [3.05, 3.63) is 29.8 Å². The van der Waals surface area contributed by atoms with Crippen molar-refractivity contribution in [3.8, 4) is 5.75 Å². The Balaban J connectivity index is 0.00000220. The summed E-state index contributed by atoms with van der Waals surface area (Å²) in [5.74, 6) is 0.769. The van der Waals surface area contributed by atoms with Gasteiger partial charge in [-0.2, -0.15) is 0 Å². The molecule has 0 unspecified atom stereocenters. The fourth-order valence-electron chi connectivity index (χ4n) is 1.92. The van der Waals surface area contributed by atoms with Crippen LogP contribution in [-0.4, -0.2) is 24.6 Å². The lowest BCUT2D eigenvalue weighted by Crippen LogP contribution is -2.44. The normalized spacial score (nSPS) is 15.8. The third-order valence-corrected chi connectivity index (χ3v) is 3.60. The summed E-state index contributed by atoms with van der Waals surface area (Å²) in [6.07, 6.45) is 1.57. The van der Waals surface area contributed by atoms with E-state index >= 15 is 0 Å². The minimum absolute atomic E-state index is 0. The highest BCUT2D eigenvalue weighted by atomic mass is 35.5. The number of halogens is 1. The van der Waals surface area contributed by atoms with Crippen molar-refractivity contribution in [2.75, 3.05) is 13.2 Å². The lowest BCUT2D eigenvalue weighted by atomic mass is 9.87. The molecule has 1 aromatic carbocycles. The molecule has 0 radical (unpaired) electrons. The average molecular weight is 313 g/mol. The van der Waals surface area contributed by atoms with E-state index < -0.39 is 5.54 Å². The van der Waals surface area contributed by atoms with E-state index in [9.17, 15) is 4.79 Å². The highest BCUT2D eigenvalue weighted by molar-refractivity contribution is 5.88. The van der Waals surface area contributed by atoms with E-state index in [4.69, 9.17) is 10.5 Å². The largest absolute Gasteiger partial charge is 0.492 e. The molecule has 2 rings (SSSR count). The Labute approximate surface area is 132 Å². The molecule has 1 amide bonds. The van der Waals surface area contributed by atoms with Crippen molar-refractivity contribution in [1.82, 2.24) is 5.32 Å². The number of carbonyl (C=O) groups is 1. The van der Waals surface area contributed by atoms with Gasteiger partial charge in [0, 0.05) is 0 Å². The Morgan fingerprint density at radius 2 is 2.05 bits per heavy atom. The molecule has 118 valence electrons. The number of nitrogens with one attached hydrogen (secondary N) is 1. The summed E-state index contributed by atoms with van der Waals surface area (Å²) in [6.45, 7) is 7.45. The number of rotatable bonds is 5. The van der Waals surface area contributed by atoms with Gasteiger partial charge in [0.2, 0.25) is 5.91 Å². The number of hydrogen-bond acceptors (Lipinski definition) is 3. The van der Waals surface area contributed by atoms with Gasteiger partial charge in [-0.3, -0.25) is 4.79 Å². The maximum atomic E-state index is 11.6. The van der Waals surface area contributed by atoms with E-state index in [1.54, 1.807) is 0 Å². The van der Waals surface area contributed by atoms with Crippen LogP contribution < -0.4 is 15.8 Å². The lowest BCUT2D eigenvalue weighted by molar-refractivity contribution is -0.123. The summed E-state index contributed by atoms with van der Waals surface area (Å²) >= 11 is 0. The number of ether oxygens (including phenoxy) is 1. The van der Waals surface area contributed by atoms with Crippen molar-refractivity contribution in [3.63, 3.8) is 0 Å². The highest BCUT2D eigenvalue weighted by Gasteiger charge is 2.45. The van der Waals surface area contributed by atoms with Crippen molar-refractivity contribution in [2.45, 2.75) is 44.6 Å². The van der Waals surface area contributed by atoms with E-state index in [0.717, 1.165) is 18.6 Å². The average Bonchev–Trinajstić information content (AvgIpc) is 3.13. The molecule has 21 heavy (non-hydrogen) atoms. The molecule has 0 spiro atoms. The summed E-state index contributed by atoms with van der Waals surface area (Å²) in [4.78, 5) is 11.6. The molecule has 1 fully saturated rings. The van der Waals surface area contributed by atoms with Crippen LogP contribution in [0.25, 0.3) is 0 Å². The van der Waals surface area contributed by atoms with Gasteiger partial charge in [0.15, 0.2) is 0 Å². The Kier molecular flexibility index (Phi) is 5.65. The minimum atomic E-state index is -0.605. The van der Waals surface area contributed by atoms with Gasteiger partial charge in [-0.25, -0.2) is 0 Å². The first-order chi connectivity index (χ1) is 9.31. The van der Waals surface area contributed by atoms with Gasteiger partial charge in [0.05, 0.1) is 12.1 Å². The molecule has 4 nitrogen and oxygen atoms in total. The van der Waals surface area contributed by atoms with Crippen molar-refractivity contribution in [1.29, 1.82) is 0 Å². The van der Waals surface area contributed by atoms with Crippen LogP contribution in [-0.2, 0) is 10.2 Å². The maximum Gasteiger partial charge on any atom is 0.240 e. The van der Waals surface area contributed by atoms with E-state index in [2.05, 4.69) is 32.2 Å². The second-order valence-electron chi connectivity index (χ2n) is 6.54. The fraction of sp³-hybridized carbons (Fsp3) is 0.562. The van der Waals surface area contributed by atoms with Crippen LogP contribution in [0.1, 0.15) is 39.2 Å². The van der Waals surface area contributed by atoms with Crippen LogP contribution >= 0.6 is 12.4 Å². The van der Waals surface area contributed by atoms with Crippen LogP contribution in [0.4, 0.5) is 0 Å². The van der Waals surface area contributed by atoms with E-state index in [1.807, 2.05) is 18.2 Å². The quantitative estimate of drug-likeness (QED) is 0.821. The first kappa shape index (κ1) is 17.8. The van der Waals surface area contributed by atoms with Crippen LogP contribution in [0.2, 0.25) is 0 Å². The first-order valence-corrected chi connectivity index (χ1v) is 7.12. The molecule has 1 saturated carbocycles. The second-order valence-corrected chi connectivity index (χ2v) is 6.54. The zero-order valence-electron chi connectivity index (χ0n) is 12.9. The second kappa shape index (κ2) is 6.67. The molecule has 0 bridgehead atoms. The summed E-state index contributed by atoms with van der Waals surface area (Å²) < 4.78 is 5.67. The Bertz CT molecular complexity index is 493. The SMILES string of the molecule is CC(C)(C)c1cccc(OCCNC(=O)C2(N)CC2)c1.Cl. The number of amides is 1. The molecule has 0 aliphatic heterocycles. The third-order valence-electron chi connectivity index (χ3n) is 3.60. The molecule has 0 atom stereocenters. The smallest absolute Gasteiger partial charge is 0.240 e. The van der Waals surface area contributed by atoms with E-state index in [-0.39, 0.29) is 23.7 Å².